The molecule has 0 aliphatic carbocycles. The van der Waals surface area contributed by atoms with Crippen LogP contribution in [0.25, 0.3) is 0 Å². The van der Waals surface area contributed by atoms with Gasteiger partial charge < -0.3 is 10.0 Å². The molecule has 2 atom stereocenters. The molecule has 3 rings (SSSR count). The summed E-state index contributed by atoms with van der Waals surface area (Å²) in [5.41, 5.74) is 2.95. The van der Waals surface area contributed by atoms with E-state index in [1.165, 1.54) is 0 Å². The van der Waals surface area contributed by atoms with Gasteiger partial charge in [0, 0.05) is 43.4 Å². The summed E-state index contributed by atoms with van der Waals surface area (Å²) in [7, 11) is 0. The number of carboxylic acids is 1. The second-order valence-corrected chi connectivity index (χ2v) is 6.14. The van der Waals surface area contributed by atoms with Gasteiger partial charge in [0.05, 0.1) is 18.3 Å². The van der Waals surface area contributed by atoms with E-state index in [1.807, 2.05) is 25.1 Å². The summed E-state index contributed by atoms with van der Waals surface area (Å²) in [6, 6.07) is 6.04. The maximum absolute atomic E-state index is 11.1. The first kappa shape index (κ1) is 15.6. The zero-order chi connectivity index (χ0) is 16.2. The van der Waals surface area contributed by atoms with Crippen LogP contribution in [0.3, 0.4) is 0 Å². The third-order valence-electron chi connectivity index (χ3n) is 4.40. The molecule has 1 aliphatic rings. The Morgan fingerprint density at radius 1 is 1.43 bits per heavy atom. The predicted molar refractivity (Wildman–Crippen MR) is 84.0 cm³/mol. The summed E-state index contributed by atoms with van der Waals surface area (Å²) in [6.45, 7) is 4.45. The van der Waals surface area contributed by atoms with Gasteiger partial charge in [-0.3, -0.25) is 9.78 Å². The SMILES string of the molecule is Cc1cccc(CCN2C[C@H](CC(=O)O)[C@H](c3cn[nH]n3)C2)n1. The van der Waals surface area contributed by atoms with Gasteiger partial charge in [0.2, 0.25) is 0 Å². The Labute approximate surface area is 134 Å². The maximum Gasteiger partial charge on any atom is 0.303 e. The van der Waals surface area contributed by atoms with Gasteiger partial charge in [-0.2, -0.15) is 15.4 Å². The van der Waals surface area contributed by atoms with Crippen LogP contribution in [0.1, 0.15) is 29.4 Å². The minimum atomic E-state index is -0.759. The van der Waals surface area contributed by atoms with Crippen LogP contribution in [0.5, 0.6) is 0 Å². The fourth-order valence-electron chi connectivity index (χ4n) is 3.31. The lowest BCUT2D eigenvalue weighted by Gasteiger charge is -2.15. The van der Waals surface area contributed by atoms with Crippen molar-refractivity contribution in [2.75, 3.05) is 19.6 Å². The van der Waals surface area contributed by atoms with E-state index < -0.39 is 5.97 Å². The van der Waals surface area contributed by atoms with Crippen LogP contribution in [0, 0.1) is 12.8 Å². The lowest BCUT2D eigenvalue weighted by molar-refractivity contribution is -0.138. The van der Waals surface area contributed by atoms with Gasteiger partial charge in [-0.25, -0.2) is 0 Å². The van der Waals surface area contributed by atoms with Gasteiger partial charge in [0.1, 0.15) is 0 Å². The van der Waals surface area contributed by atoms with Crippen LogP contribution in [0.4, 0.5) is 0 Å². The van der Waals surface area contributed by atoms with Crippen molar-refractivity contribution in [1.82, 2.24) is 25.3 Å². The van der Waals surface area contributed by atoms with E-state index in [1.54, 1.807) is 6.20 Å². The van der Waals surface area contributed by atoms with E-state index in [-0.39, 0.29) is 18.3 Å². The van der Waals surface area contributed by atoms with Crippen LogP contribution >= 0.6 is 0 Å². The first-order valence-electron chi connectivity index (χ1n) is 7.84. The van der Waals surface area contributed by atoms with Gasteiger partial charge in [0.15, 0.2) is 0 Å². The van der Waals surface area contributed by atoms with E-state index in [4.69, 9.17) is 5.11 Å². The number of aliphatic carboxylic acids is 1. The molecule has 2 aromatic rings. The first-order chi connectivity index (χ1) is 11.1. The lowest BCUT2D eigenvalue weighted by atomic mass is 9.91. The molecule has 0 saturated carbocycles. The molecule has 7 nitrogen and oxygen atoms in total. The molecule has 0 amide bonds. The van der Waals surface area contributed by atoms with Crippen molar-refractivity contribution in [3.63, 3.8) is 0 Å². The van der Waals surface area contributed by atoms with Crippen LogP contribution < -0.4 is 0 Å². The number of aromatic nitrogens is 4. The van der Waals surface area contributed by atoms with E-state index in [9.17, 15) is 4.79 Å². The number of aromatic amines is 1. The first-order valence-corrected chi connectivity index (χ1v) is 7.84. The molecule has 23 heavy (non-hydrogen) atoms. The van der Waals surface area contributed by atoms with Crippen LogP contribution in [-0.4, -0.2) is 56.0 Å². The molecule has 1 saturated heterocycles. The standard InChI is InChI=1S/C16H21N5O2/c1-11-3-2-4-13(18-11)5-6-21-9-12(7-16(22)23)14(10-21)15-8-17-20-19-15/h2-4,8,12,14H,5-7,9-10H2,1H3,(H,22,23)(H,17,19,20)/t12-,14+/m0/s1. The van der Waals surface area contributed by atoms with E-state index in [0.717, 1.165) is 43.1 Å². The molecule has 0 spiro atoms. The molecule has 2 aromatic heterocycles. The Morgan fingerprint density at radius 2 is 2.30 bits per heavy atom. The van der Waals surface area contributed by atoms with Gasteiger partial charge in [-0.05, 0) is 25.0 Å². The zero-order valence-electron chi connectivity index (χ0n) is 13.1. The van der Waals surface area contributed by atoms with Gasteiger partial charge in [0.25, 0.3) is 0 Å². The molecule has 7 heteroatoms. The van der Waals surface area contributed by atoms with Crippen molar-refractivity contribution in [2.45, 2.75) is 25.7 Å². The van der Waals surface area contributed by atoms with Crippen molar-refractivity contribution in [3.8, 4) is 0 Å². The number of H-pyrrole nitrogens is 1. The van der Waals surface area contributed by atoms with Gasteiger partial charge >= 0.3 is 5.97 Å². The minimum Gasteiger partial charge on any atom is -0.481 e. The molecular weight excluding hydrogens is 294 g/mol. The highest BCUT2D eigenvalue weighted by atomic mass is 16.4. The molecule has 0 unspecified atom stereocenters. The number of hydrogen-bond acceptors (Lipinski definition) is 5. The Morgan fingerprint density at radius 3 is 3.00 bits per heavy atom. The quantitative estimate of drug-likeness (QED) is 0.833. The highest BCUT2D eigenvalue weighted by Crippen LogP contribution is 2.33. The van der Waals surface area contributed by atoms with Crippen LogP contribution in [0.15, 0.2) is 24.4 Å². The molecule has 2 N–H and O–H groups in total. The van der Waals surface area contributed by atoms with Crippen LogP contribution in [0.2, 0.25) is 0 Å². The number of nitrogens with zero attached hydrogens (tertiary/aromatic N) is 4. The summed E-state index contributed by atoms with van der Waals surface area (Å²) in [4.78, 5) is 17.9. The van der Waals surface area contributed by atoms with E-state index >= 15 is 0 Å². The monoisotopic (exact) mass is 315 g/mol. The largest absolute Gasteiger partial charge is 0.481 e. The molecule has 1 aliphatic heterocycles. The van der Waals surface area contributed by atoms with Crippen molar-refractivity contribution in [3.05, 3.63) is 41.5 Å². The predicted octanol–water partition coefficient (Wildman–Crippen LogP) is 1.24. The molecule has 0 bridgehead atoms. The number of carbonyl (C=O) groups is 1. The Balaban J connectivity index is 1.64. The lowest BCUT2D eigenvalue weighted by Crippen LogP contribution is -2.24. The Kier molecular flexibility index (Phi) is 4.66. The highest BCUT2D eigenvalue weighted by molar-refractivity contribution is 5.67. The third kappa shape index (κ3) is 3.92. The fourth-order valence-corrected chi connectivity index (χ4v) is 3.31. The number of rotatable bonds is 6. The zero-order valence-corrected chi connectivity index (χ0v) is 13.1. The van der Waals surface area contributed by atoms with Gasteiger partial charge in [-0.1, -0.05) is 6.07 Å². The average molecular weight is 315 g/mol. The van der Waals surface area contributed by atoms with Crippen LogP contribution in [-0.2, 0) is 11.2 Å². The highest BCUT2D eigenvalue weighted by Gasteiger charge is 2.36. The Hall–Kier alpha value is -2.28. The van der Waals surface area contributed by atoms with Gasteiger partial charge in [-0.15, -0.1) is 0 Å². The summed E-state index contributed by atoms with van der Waals surface area (Å²) in [6.07, 6.45) is 2.73. The molecule has 122 valence electrons. The molecular formula is C16H21N5O2. The summed E-state index contributed by atoms with van der Waals surface area (Å²) in [5, 5.41) is 19.8. The molecule has 1 fully saturated rings. The maximum atomic E-state index is 11.1. The molecule has 0 radical (unpaired) electrons. The van der Waals surface area contributed by atoms with Crippen molar-refractivity contribution < 1.29 is 9.90 Å². The Bertz CT molecular complexity index is 658. The molecule has 0 aromatic carbocycles. The second-order valence-electron chi connectivity index (χ2n) is 6.14. The summed E-state index contributed by atoms with van der Waals surface area (Å²) in [5.74, 6) is -0.566. The number of likely N-dealkylation sites (tertiary alicyclic amines) is 1. The number of nitrogens with one attached hydrogen (secondary N) is 1. The van der Waals surface area contributed by atoms with Crippen molar-refractivity contribution in [2.24, 2.45) is 5.92 Å². The number of hydrogen-bond donors (Lipinski definition) is 2. The topological polar surface area (TPSA) is 95.0 Å². The van der Waals surface area contributed by atoms with E-state index in [2.05, 4.69) is 25.3 Å². The summed E-state index contributed by atoms with van der Waals surface area (Å²) < 4.78 is 0. The second kappa shape index (κ2) is 6.87. The number of aryl methyl sites for hydroxylation is 1. The average Bonchev–Trinajstić information content (AvgIpc) is 3.14. The summed E-state index contributed by atoms with van der Waals surface area (Å²) >= 11 is 0. The fraction of sp³-hybridized carbons (Fsp3) is 0.500. The van der Waals surface area contributed by atoms with E-state index in [0.29, 0.717) is 0 Å². The van der Waals surface area contributed by atoms with Crippen molar-refractivity contribution >= 4 is 5.97 Å². The minimum absolute atomic E-state index is 0.0723. The number of pyridine rings is 1. The number of carboxylic acid groups (broad SMARTS) is 1. The smallest absolute Gasteiger partial charge is 0.303 e. The molecule has 3 heterocycles. The normalized spacial score (nSPS) is 21.6. The van der Waals surface area contributed by atoms with Crippen molar-refractivity contribution in [1.29, 1.82) is 0 Å². The third-order valence-corrected chi connectivity index (χ3v) is 4.40.